The summed E-state index contributed by atoms with van der Waals surface area (Å²) in [7, 11) is 0. The number of nitrogens with zero attached hydrogens (tertiary/aromatic N) is 3. The van der Waals surface area contributed by atoms with Crippen LogP contribution >= 0.6 is 23.2 Å². The number of anilines is 1. The number of hydrogen-bond acceptors (Lipinski definition) is 4. The third kappa shape index (κ3) is 2.77. The van der Waals surface area contributed by atoms with Crippen LogP contribution in [0.25, 0.3) is 22.6 Å². The summed E-state index contributed by atoms with van der Waals surface area (Å²) in [5.41, 5.74) is 1.55. The molecule has 0 bridgehead atoms. The second-order valence-corrected chi connectivity index (χ2v) is 6.67. The lowest BCUT2D eigenvalue weighted by atomic mass is 10.1. The molecule has 1 N–H and O–H groups in total. The minimum Gasteiger partial charge on any atom is -0.361 e. The number of rotatable bonds is 2. The fourth-order valence-corrected chi connectivity index (χ4v) is 3.10. The summed E-state index contributed by atoms with van der Waals surface area (Å²) in [6, 6.07) is 12.8. The summed E-state index contributed by atoms with van der Waals surface area (Å²) in [6.07, 6.45) is -0.597. The van der Waals surface area contributed by atoms with Crippen molar-refractivity contribution in [1.29, 1.82) is 0 Å². The van der Waals surface area contributed by atoms with Gasteiger partial charge in [-0.3, -0.25) is 4.79 Å². The van der Waals surface area contributed by atoms with Gasteiger partial charge in [0.2, 0.25) is 0 Å². The minimum absolute atomic E-state index is 0.101. The van der Waals surface area contributed by atoms with E-state index in [1.807, 2.05) is 24.3 Å². The minimum atomic E-state index is -0.829. The van der Waals surface area contributed by atoms with E-state index in [0.29, 0.717) is 11.4 Å². The van der Waals surface area contributed by atoms with Gasteiger partial charge in [-0.2, -0.15) is 10.1 Å². The Labute approximate surface area is 152 Å². The molecular formula is C17H11Cl2FN4O. The molecule has 0 spiro atoms. The second kappa shape index (κ2) is 6.13. The lowest BCUT2D eigenvalue weighted by molar-refractivity contribution is 0.509. The summed E-state index contributed by atoms with van der Waals surface area (Å²) in [5, 5.41) is 7.60. The maximum Gasteiger partial charge on any atom is 0.300 e. The van der Waals surface area contributed by atoms with Crippen molar-refractivity contribution in [3.63, 3.8) is 0 Å². The Kier molecular flexibility index (Phi) is 3.94. The maximum atomic E-state index is 13.1. The number of halogens is 3. The summed E-state index contributed by atoms with van der Waals surface area (Å²) >= 11 is 12.2. The highest BCUT2D eigenvalue weighted by molar-refractivity contribution is 6.44. The molecule has 0 aliphatic carbocycles. The first-order valence-electron chi connectivity index (χ1n) is 7.45. The molecule has 2 aromatic carbocycles. The molecule has 1 atom stereocenters. The highest BCUT2D eigenvalue weighted by atomic mass is 35.5. The van der Waals surface area contributed by atoms with Gasteiger partial charge in [-0.1, -0.05) is 12.1 Å². The molecule has 126 valence electrons. The van der Waals surface area contributed by atoms with Crippen LogP contribution in [0.5, 0.6) is 0 Å². The van der Waals surface area contributed by atoms with E-state index in [0.717, 1.165) is 11.3 Å². The molecule has 3 aromatic rings. The molecule has 8 heteroatoms. The van der Waals surface area contributed by atoms with Crippen LogP contribution < -0.4 is 10.9 Å². The Morgan fingerprint density at radius 1 is 1.12 bits per heavy atom. The topological polar surface area (TPSA) is 59.8 Å². The standard InChI is InChI=1S/C17H11Cl2FN4O/c18-14(19)16-21-12-4-2-1-3-11(12)15-22-17(25)13(23-24(15)16)9-5-7-10(20)8-6-9/h1-8,14,16,21H. The van der Waals surface area contributed by atoms with E-state index >= 15 is 0 Å². The number of alkyl halides is 2. The van der Waals surface area contributed by atoms with E-state index in [2.05, 4.69) is 15.4 Å². The zero-order chi connectivity index (χ0) is 17.6. The predicted octanol–water partition coefficient (Wildman–Crippen LogP) is 3.84. The lowest BCUT2D eigenvalue weighted by Gasteiger charge is -2.30. The monoisotopic (exact) mass is 376 g/mol. The van der Waals surface area contributed by atoms with Crippen LogP contribution in [0.2, 0.25) is 0 Å². The number of benzene rings is 2. The molecule has 2 heterocycles. The highest BCUT2D eigenvalue weighted by Gasteiger charge is 2.30. The molecule has 0 saturated carbocycles. The van der Waals surface area contributed by atoms with Crippen LogP contribution in [0.4, 0.5) is 10.1 Å². The van der Waals surface area contributed by atoms with Gasteiger partial charge in [-0.05, 0) is 36.4 Å². The second-order valence-electron chi connectivity index (χ2n) is 5.51. The van der Waals surface area contributed by atoms with Crippen molar-refractivity contribution in [2.24, 2.45) is 0 Å². The van der Waals surface area contributed by atoms with E-state index in [1.54, 1.807) is 0 Å². The van der Waals surface area contributed by atoms with Crippen LogP contribution in [0, 0.1) is 5.82 Å². The SMILES string of the molecule is O=c1nc2n(nc1-c1ccc(F)cc1)C(C(Cl)Cl)Nc1ccccc1-2. The number of nitrogens with one attached hydrogen (secondary N) is 1. The maximum absolute atomic E-state index is 13.1. The lowest BCUT2D eigenvalue weighted by Crippen LogP contribution is -2.34. The van der Waals surface area contributed by atoms with Gasteiger partial charge < -0.3 is 5.32 Å². The quantitative estimate of drug-likeness (QED) is 0.690. The first-order chi connectivity index (χ1) is 12.0. The molecule has 0 radical (unpaired) electrons. The van der Waals surface area contributed by atoms with Gasteiger partial charge in [-0.15, -0.1) is 23.2 Å². The van der Waals surface area contributed by atoms with Crippen LogP contribution in [-0.4, -0.2) is 19.6 Å². The zero-order valence-electron chi connectivity index (χ0n) is 12.7. The first kappa shape index (κ1) is 16.1. The van der Waals surface area contributed by atoms with Gasteiger partial charge in [0, 0.05) is 16.8 Å². The summed E-state index contributed by atoms with van der Waals surface area (Å²) in [4.78, 5) is 15.8. The van der Waals surface area contributed by atoms with Gasteiger partial charge in [0.05, 0.1) is 0 Å². The van der Waals surface area contributed by atoms with Crippen LogP contribution in [0.3, 0.4) is 0 Å². The number of para-hydroxylation sites is 1. The highest BCUT2D eigenvalue weighted by Crippen LogP contribution is 2.36. The molecular weight excluding hydrogens is 366 g/mol. The van der Waals surface area contributed by atoms with Gasteiger partial charge in [0.1, 0.15) is 10.7 Å². The number of aromatic nitrogens is 3. The van der Waals surface area contributed by atoms with Gasteiger partial charge >= 0.3 is 0 Å². The van der Waals surface area contributed by atoms with Crippen molar-refractivity contribution in [1.82, 2.24) is 14.8 Å². The van der Waals surface area contributed by atoms with Gasteiger partial charge in [0.15, 0.2) is 17.7 Å². The van der Waals surface area contributed by atoms with E-state index in [-0.39, 0.29) is 5.69 Å². The van der Waals surface area contributed by atoms with Gasteiger partial charge in [0.25, 0.3) is 5.56 Å². The number of fused-ring (bicyclic) bond motifs is 3. The fraction of sp³-hybridized carbons (Fsp3) is 0.118. The summed E-state index contributed by atoms with van der Waals surface area (Å²) < 4.78 is 14.6. The third-order valence-electron chi connectivity index (χ3n) is 3.93. The van der Waals surface area contributed by atoms with Gasteiger partial charge in [-0.25, -0.2) is 9.07 Å². The smallest absolute Gasteiger partial charge is 0.300 e. The predicted molar refractivity (Wildman–Crippen MR) is 95.3 cm³/mol. The molecule has 25 heavy (non-hydrogen) atoms. The third-order valence-corrected chi connectivity index (χ3v) is 4.40. The van der Waals surface area contributed by atoms with E-state index in [9.17, 15) is 9.18 Å². The molecule has 0 amide bonds. The van der Waals surface area contributed by atoms with E-state index < -0.39 is 22.4 Å². The Morgan fingerprint density at radius 3 is 2.56 bits per heavy atom. The van der Waals surface area contributed by atoms with E-state index in [4.69, 9.17) is 23.2 Å². The molecule has 1 aromatic heterocycles. The first-order valence-corrected chi connectivity index (χ1v) is 8.33. The van der Waals surface area contributed by atoms with Crippen LogP contribution in [0.1, 0.15) is 6.17 Å². The average molecular weight is 377 g/mol. The summed E-state index contributed by atoms with van der Waals surface area (Å²) in [5.74, 6) is -0.0219. The normalized spacial score (nSPS) is 15.4. The zero-order valence-corrected chi connectivity index (χ0v) is 14.2. The molecule has 4 rings (SSSR count). The molecule has 0 saturated heterocycles. The van der Waals surface area contributed by atoms with Crippen molar-refractivity contribution < 1.29 is 4.39 Å². The van der Waals surface area contributed by atoms with Crippen molar-refractivity contribution in [2.45, 2.75) is 11.0 Å². The van der Waals surface area contributed by atoms with Crippen molar-refractivity contribution in [3.05, 3.63) is 64.7 Å². The Morgan fingerprint density at radius 2 is 1.84 bits per heavy atom. The summed E-state index contributed by atoms with van der Waals surface area (Å²) in [6.45, 7) is 0. The Hall–Kier alpha value is -2.44. The number of hydrogen-bond donors (Lipinski definition) is 1. The largest absolute Gasteiger partial charge is 0.361 e. The molecule has 1 aliphatic rings. The van der Waals surface area contributed by atoms with Crippen molar-refractivity contribution in [3.8, 4) is 22.6 Å². The molecule has 1 unspecified atom stereocenters. The molecule has 5 nitrogen and oxygen atoms in total. The average Bonchev–Trinajstić information content (AvgIpc) is 2.61. The van der Waals surface area contributed by atoms with E-state index in [1.165, 1.54) is 28.9 Å². The Balaban J connectivity index is 1.95. The van der Waals surface area contributed by atoms with Crippen LogP contribution in [-0.2, 0) is 0 Å². The fourth-order valence-electron chi connectivity index (χ4n) is 2.76. The Bertz CT molecular complexity index is 1000. The molecule has 1 aliphatic heterocycles. The van der Waals surface area contributed by atoms with Crippen molar-refractivity contribution >= 4 is 28.9 Å². The molecule has 0 fully saturated rings. The van der Waals surface area contributed by atoms with Crippen LogP contribution in [0.15, 0.2) is 53.3 Å². The van der Waals surface area contributed by atoms with Crippen molar-refractivity contribution in [2.75, 3.05) is 5.32 Å².